The van der Waals surface area contributed by atoms with Crippen molar-refractivity contribution in [3.8, 4) is 5.75 Å². The second-order valence-corrected chi connectivity index (χ2v) is 7.80. The number of hydrogen-bond donors (Lipinski definition) is 1. The largest absolute Gasteiger partial charge is 0.492 e. The molecule has 0 unspecified atom stereocenters. The van der Waals surface area contributed by atoms with Gasteiger partial charge in [-0.2, -0.15) is 4.31 Å². The van der Waals surface area contributed by atoms with Crippen LogP contribution >= 0.6 is 11.6 Å². The van der Waals surface area contributed by atoms with Crippen LogP contribution in [-0.4, -0.2) is 45.4 Å². The summed E-state index contributed by atoms with van der Waals surface area (Å²) in [6.07, 6.45) is 2.97. The molecule has 0 saturated heterocycles. The molecule has 24 heavy (non-hydrogen) atoms. The predicted molar refractivity (Wildman–Crippen MR) is 95.0 cm³/mol. The summed E-state index contributed by atoms with van der Waals surface area (Å²) in [6, 6.07) is 4.26. The maximum atomic E-state index is 12.5. The van der Waals surface area contributed by atoms with Gasteiger partial charge in [-0.05, 0) is 31.5 Å². The quantitative estimate of drug-likeness (QED) is 0.637. The molecule has 136 valence electrons. The molecule has 1 N–H and O–H groups in total. The zero-order valence-corrected chi connectivity index (χ0v) is 15.9. The van der Waals surface area contributed by atoms with Crippen LogP contribution in [0.1, 0.15) is 33.1 Å². The number of carbonyl (C=O) groups is 1. The van der Waals surface area contributed by atoms with Gasteiger partial charge in [-0.15, -0.1) is 0 Å². The fourth-order valence-electron chi connectivity index (χ4n) is 2.04. The van der Waals surface area contributed by atoms with Crippen molar-refractivity contribution in [3.63, 3.8) is 0 Å². The molecule has 1 aromatic rings. The van der Waals surface area contributed by atoms with Crippen LogP contribution < -0.4 is 10.1 Å². The number of nitrogens with zero attached hydrogens (tertiary/aromatic N) is 1. The van der Waals surface area contributed by atoms with Crippen molar-refractivity contribution in [2.45, 2.75) is 38.0 Å². The molecule has 0 saturated carbocycles. The lowest BCUT2D eigenvalue weighted by atomic mass is 10.2. The van der Waals surface area contributed by atoms with Gasteiger partial charge in [-0.3, -0.25) is 4.79 Å². The molecule has 0 aliphatic heterocycles. The SMILES string of the molecule is CCCCCNC(=O)CN(C)S(=O)(=O)c1ccc(OCC)c(Cl)c1. The van der Waals surface area contributed by atoms with E-state index in [-0.39, 0.29) is 22.4 Å². The van der Waals surface area contributed by atoms with Gasteiger partial charge in [0.1, 0.15) is 5.75 Å². The Labute approximate surface area is 149 Å². The monoisotopic (exact) mass is 376 g/mol. The number of unbranched alkanes of at least 4 members (excludes halogenated alkanes) is 2. The van der Waals surface area contributed by atoms with Crippen molar-refractivity contribution in [2.24, 2.45) is 0 Å². The van der Waals surface area contributed by atoms with Gasteiger partial charge in [0.05, 0.1) is 23.1 Å². The Morgan fingerprint density at radius 3 is 2.58 bits per heavy atom. The van der Waals surface area contributed by atoms with Gasteiger partial charge in [0, 0.05) is 13.6 Å². The first-order valence-corrected chi connectivity index (χ1v) is 9.80. The smallest absolute Gasteiger partial charge is 0.243 e. The summed E-state index contributed by atoms with van der Waals surface area (Å²) in [4.78, 5) is 11.9. The Hall–Kier alpha value is -1.31. The molecule has 0 aromatic heterocycles. The summed E-state index contributed by atoms with van der Waals surface area (Å²) in [5, 5.41) is 2.94. The highest BCUT2D eigenvalue weighted by Gasteiger charge is 2.23. The molecule has 1 amide bonds. The summed E-state index contributed by atoms with van der Waals surface area (Å²) in [5.74, 6) is 0.101. The van der Waals surface area contributed by atoms with E-state index in [0.29, 0.717) is 18.9 Å². The van der Waals surface area contributed by atoms with Crippen LogP contribution in [0.5, 0.6) is 5.75 Å². The Bertz CT molecular complexity index is 649. The number of halogens is 1. The molecule has 6 nitrogen and oxygen atoms in total. The van der Waals surface area contributed by atoms with Gasteiger partial charge in [-0.1, -0.05) is 31.4 Å². The third kappa shape index (κ3) is 5.96. The van der Waals surface area contributed by atoms with Gasteiger partial charge in [-0.25, -0.2) is 8.42 Å². The molecular formula is C16H25ClN2O4S. The van der Waals surface area contributed by atoms with E-state index < -0.39 is 10.0 Å². The third-order valence-electron chi connectivity index (χ3n) is 3.38. The molecule has 0 aliphatic carbocycles. The minimum atomic E-state index is -3.79. The molecule has 0 spiro atoms. The van der Waals surface area contributed by atoms with Crippen LogP contribution in [-0.2, 0) is 14.8 Å². The number of ether oxygens (including phenoxy) is 1. The first-order chi connectivity index (χ1) is 11.3. The van der Waals surface area contributed by atoms with Crippen LogP contribution in [0.4, 0.5) is 0 Å². The number of sulfonamides is 1. The fourth-order valence-corrected chi connectivity index (χ4v) is 3.49. The number of rotatable bonds is 10. The molecule has 0 bridgehead atoms. The van der Waals surface area contributed by atoms with Gasteiger partial charge >= 0.3 is 0 Å². The number of amides is 1. The maximum absolute atomic E-state index is 12.5. The van der Waals surface area contributed by atoms with Crippen LogP contribution in [0.2, 0.25) is 5.02 Å². The molecule has 0 fully saturated rings. The molecular weight excluding hydrogens is 352 g/mol. The zero-order valence-electron chi connectivity index (χ0n) is 14.3. The lowest BCUT2D eigenvalue weighted by molar-refractivity contribution is -0.121. The number of hydrogen-bond acceptors (Lipinski definition) is 4. The minimum absolute atomic E-state index is 0.0252. The van der Waals surface area contributed by atoms with E-state index in [1.54, 1.807) is 0 Å². The van der Waals surface area contributed by atoms with Crippen molar-refractivity contribution in [3.05, 3.63) is 23.2 Å². The van der Waals surface area contributed by atoms with Gasteiger partial charge in [0.2, 0.25) is 15.9 Å². The normalized spacial score (nSPS) is 11.5. The standard InChI is InChI=1S/C16H25ClN2O4S/c1-4-6-7-10-18-16(20)12-19(3)24(21,22)13-8-9-15(23-5-2)14(17)11-13/h8-9,11H,4-7,10,12H2,1-3H3,(H,18,20). The van der Waals surface area contributed by atoms with Crippen molar-refractivity contribution >= 4 is 27.5 Å². The second-order valence-electron chi connectivity index (χ2n) is 5.34. The van der Waals surface area contributed by atoms with Crippen molar-refractivity contribution < 1.29 is 17.9 Å². The molecule has 8 heteroatoms. The summed E-state index contributed by atoms with van der Waals surface area (Å²) >= 11 is 6.04. The topological polar surface area (TPSA) is 75.7 Å². The zero-order chi connectivity index (χ0) is 18.2. The predicted octanol–water partition coefficient (Wildman–Crippen LogP) is 2.67. The van der Waals surface area contributed by atoms with E-state index in [1.165, 1.54) is 25.2 Å². The summed E-state index contributed by atoms with van der Waals surface area (Å²) in [5.41, 5.74) is 0. The number of benzene rings is 1. The van der Waals surface area contributed by atoms with E-state index in [2.05, 4.69) is 12.2 Å². The lowest BCUT2D eigenvalue weighted by Gasteiger charge is -2.17. The highest BCUT2D eigenvalue weighted by Crippen LogP contribution is 2.28. The first-order valence-electron chi connectivity index (χ1n) is 7.98. The van der Waals surface area contributed by atoms with Crippen LogP contribution in [0.25, 0.3) is 0 Å². The van der Waals surface area contributed by atoms with Crippen LogP contribution in [0.3, 0.4) is 0 Å². The Morgan fingerprint density at radius 1 is 1.29 bits per heavy atom. The summed E-state index contributed by atoms with van der Waals surface area (Å²) in [7, 11) is -2.42. The highest BCUT2D eigenvalue weighted by molar-refractivity contribution is 7.89. The van der Waals surface area contributed by atoms with Crippen molar-refractivity contribution in [2.75, 3.05) is 26.7 Å². The summed E-state index contributed by atoms with van der Waals surface area (Å²) in [6.45, 7) is 4.64. The lowest BCUT2D eigenvalue weighted by Crippen LogP contribution is -2.38. The van der Waals surface area contributed by atoms with E-state index in [9.17, 15) is 13.2 Å². The number of nitrogens with one attached hydrogen (secondary N) is 1. The average Bonchev–Trinajstić information content (AvgIpc) is 2.53. The molecule has 1 aromatic carbocycles. The van der Waals surface area contributed by atoms with Crippen LogP contribution in [0, 0.1) is 0 Å². The molecule has 0 radical (unpaired) electrons. The molecule has 1 rings (SSSR count). The highest BCUT2D eigenvalue weighted by atomic mass is 35.5. The van der Waals surface area contributed by atoms with Crippen molar-refractivity contribution in [1.29, 1.82) is 0 Å². The van der Waals surface area contributed by atoms with E-state index >= 15 is 0 Å². The fraction of sp³-hybridized carbons (Fsp3) is 0.562. The molecule has 0 aliphatic rings. The first kappa shape index (κ1) is 20.7. The molecule has 0 atom stereocenters. The molecule has 0 heterocycles. The van der Waals surface area contributed by atoms with E-state index in [4.69, 9.17) is 16.3 Å². The van der Waals surface area contributed by atoms with Gasteiger partial charge in [0.25, 0.3) is 0 Å². The van der Waals surface area contributed by atoms with Crippen LogP contribution in [0.15, 0.2) is 23.1 Å². The third-order valence-corrected chi connectivity index (χ3v) is 5.47. The Morgan fingerprint density at radius 2 is 2.00 bits per heavy atom. The summed E-state index contributed by atoms with van der Waals surface area (Å²) < 4.78 is 31.3. The second kappa shape index (κ2) is 9.86. The Balaban J connectivity index is 2.73. The van der Waals surface area contributed by atoms with E-state index in [0.717, 1.165) is 23.6 Å². The van der Waals surface area contributed by atoms with Gasteiger partial charge < -0.3 is 10.1 Å². The van der Waals surface area contributed by atoms with E-state index in [1.807, 2.05) is 6.92 Å². The number of carbonyl (C=O) groups excluding carboxylic acids is 1. The maximum Gasteiger partial charge on any atom is 0.243 e. The Kier molecular flexibility index (Phi) is 8.52. The van der Waals surface area contributed by atoms with Crippen molar-refractivity contribution in [1.82, 2.24) is 9.62 Å². The minimum Gasteiger partial charge on any atom is -0.492 e. The van der Waals surface area contributed by atoms with Gasteiger partial charge in [0.15, 0.2) is 0 Å². The average molecular weight is 377 g/mol. The number of likely N-dealkylation sites (N-methyl/N-ethyl adjacent to an activating group) is 1.